The number of hydrogen-bond acceptors (Lipinski definition) is 7. The second-order valence-electron chi connectivity index (χ2n) is 9.67. The average Bonchev–Trinajstić information content (AvgIpc) is 3.70. The van der Waals surface area contributed by atoms with E-state index >= 15 is 0 Å². The number of amides is 2. The number of ketones is 1. The van der Waals surface area contributed by atoms with Crippen LogP contribution in [-0.2, 0) is 20.7 Å². The Labute approximate surface area is 217 Å². The van der Waals surface area contributed by atoms with Gasteiger partial charge in [0.15, 0.2) is 11.4 Å². The molecule has 1 fully saturated rings. The fourth-order valence-electron chi connectivity index (χ4n) is 3.97. The predicted octanol–water partition coefficient (Wildman–Crippen LogP) is 1.65. The van der Waals surface area contributed by atoms with E-state index in [1.807, 2.05) is 32.0 Å². The van der Waals surface area contributed by atoms with Crippen molar-refractivity contribution < 1.29 is 34.1 Å². The Morgan fingerprint density at radius 3 is 2.38 bits per heavy atom. The Morgan fingerprint density at radius 2 is 1.76 bits per heavy atom. The molecular formula is C28H36N2O7. The van der Waals surface area contributed by atoms with Crippen molar-refractivity contribution in [2.24, 2.45) is 5.92 Å². The Kier molecular flexibility index (Phi) is 10.2. The molecule has 0 unspecified atom stereocenters. The maximum atomic E-state index is 12.9. The topological polar surface area (TPSA) is 137 Å². The molecule has 1 aliphatic rings. The molecule has 1 saturated heterocycles. The summed E-state index contributed by atoms with van der Waals surface area (Å²) in [7, 11) is 0. The Morgan fingerprint density at radius 1 is 1.03 bits per heavy atom. The molecule has 0 aromatic heterocycles. The van der Waals surface area contributed by atoms with Crippen molar-refractivity contribution >= 4 is 17.6 Å². The predicted molar refractivity (Wildman–Crippen MR) is 137 cm³/mol. The van der Waals surface area contributed by atoms with E-state index < -0.39 is 48.5 Å². The molecule has 0 saturated carbocycles. The minimum atomic E-state index is -1.29. The largest absolute Gasteiger partial charge is 0.494 e. The molecule has 200 valence electrons. The lowest BCUT2D eigenvalue weighted by Crippen LogP contribution is -2.55. The number of carbonyl (C=O) groups is 3. The van der Waals surface area contributed by atoms with Gasteiger partial charge in [0.25, 0.3) is 5.91 Å². The van der Waals surface area contributed by atoms with Crippen LogP contribution in [0.3, 0.4) is 0 Å². The number of epoxide rings is 1. The Bertz CT molecular complexity index is 1050. The van der Waals surface area contributed by atoms with Crippen LogP contribution < -0.4 is 15.4 Å². The monoisotopic (exact) mass is 512 g/mol. The average molecular weight is 513 g/mol. The summed E-state index contributed by atoms with van der Waals surface area (Å²) in [6.45, 7) is 3.24. The van der Waals surface area contributed by atoms with E-state index in [9.17, 15) is 24.6 Å². The van der Waals surface area contributed by atoms with E-state index in [0.717, 1.165) is 12.8 Å². The normalized spacial score (nSPS) is 18.1. The van der Waals surface area contributed by atoms with Crippen LogP contribution in [0.1, 0.15) is 42.6 Å². The highest BCUT2D eigenvalue weighted by molar-refractivity contribution is 6.00. The fourth-order valence-corrected chi connectivity index (χ4v) is 3.97. The van der Waals surface area contributed by atoms with Crippen LogP contribution >= 0.6 is 0 Å². The van der Waals surface area contributed by atoms with Gasteiger partial charge in [-0.05, 0) is 48.9 Å². The summed E-state index contributed by atoms with van der Waals surface area (Å²) in [6.07, 6.45) is 2.01. The number of aryl methyl sites for hydroxylation is 1. The SMILES string of the molecule is CC(C)C[C@H](NC(=O)[C@H](CO)NC(=O)c1cccc(OCCCc2ccccc2)c1)C(=O)[C@]1(CO)CO1. The molecule has 9 nitrogen and oxygen atoms in total. The summed E-state index contributed by atoms with van der Waals surface area (Å²) >= 11 is 0. The van der Waals surface area contributed by atoms with Gasteiger partial charge in [-0.25, -0.2) is 0 Å². The van der Waals surface area contributed by atoms with Crippen LogP contribution in [0.25, 0.3) is 0 Å². The molecule has 1 aliphatic heterocycles. The minimum Gasteiger partial charge on any atom is -0.494 e. The highest BCUT2D eigenvalue weighted by atomic mass is 16.6. The Hall–Kier alpha value is -3.27. The van der Waals surface area contributed by atoms with Gasteiger partial charge in [-0.2, -0.15) is 0 Å². The quantitative estimate of drug-likeness (QED) is 0.210. The number of Topliss-reactive ketones (excluding diaryl/α,β-unsaturated/α-hetero) is 1. The van der Waals surface area contributed by atoms with E-state index in [0.29, 0.717) is 18.8 Å². The molecule has 2 amide bonds. The summed E-state index contributed by atoms with van der Waals surface area (Å²) < 4.78 is 10.9. The number of carbonyl (C=O) groups excluding carboxylic acids is 3. The highest BCUT2D eigenvalue weighted by Gasteiger charge is 2.54. The lowest BCUT2D eigenvalue weighted by Gasteiger charge is -2.24. The molecule has 3 rings (SSSR count). The third-order valence-corrected chi connectivity index (χ3v) is 6.16. The van der Waals surface area contributed by atoms with Gasteiger partial charge < -0.3 is 30.3 Å². The van der Waals surface area contributed by atoms with Gasteiger partial charge in [0.1, 0.15) is 11.8 Å². The van der Waals surface area contributed by atoms with Gasteiger partial charge in [0.05, 0.1) is 32.5 Å². The molecular weight excluding hydrogens is 476 g/mol. The van der Waals surface area contributed by atoms with Crippen LogP contribution in [0.4, 0.5) is 0 Å². The molecule has 2 aromatic carbocycles. The van der Waals surface area contributed by atoms with Crippen molar-refractivity contribution in [3.63, 3.8) is 0 Å². The second-order valence-corrected chi connectivity index (χ2v) is 9.67. The first-order valence-electron chi connectivity index (χ1n) is 12.6. The first-order valence-corrected chi connectivity index (χ1v) is 12.6. The molecule has 9 heteroatoms. The standard InChI is InChI=1S/C28H36N2O7/c1-19(2)14-23(25(33)28(17-32)18-37-28)29-27(35)24(16-31)30-26(34)21-11-6-12-22(15-21)36-13-7-10-20-8-4-3-5-9-20/h3-6,8-9,11-12,15,19,23-24,31-32H,7,10,13-14,16-18H2,1-2H3,(H,29,35)(H,30,34)/t23-,24-,28-/m0/s1. The van der Waals surface area contributed by atoms with E-state index in [-0.39, 0.29) is 18.1 Å². The van der Waals surface area contributed by atoms with E-state index in [1.54, 1.807) is 24.3 Å². The van der Waals surface area contributed by atoms with Crippen molar-refractivity contribution in [3.05, 3.63) is 65.7 Å². The Balaban J connectivity index is 1.55. The lowest BCUT2D eigenvalue weighted by molar-refractivity contribution is -0.133. The molecule has 2 aromatic rings. The van der Waals surface area contributed by atoms with E-state index in [1.165, 1.54) is 5.56 Å². The van der Waals surface area contributed by atoms with Gasteiger partial charge in [0, 0.05) is 5.56 Å². The zero-order chi connectivity index (χ0) is 26.8. The van der Waals surface area contributed by atoms with Crippen molar-refractivity contribution in [1.29, 1.82) is 0 Å². The van der Waals surface area contributed by atoms with Crippen LogP contribution in [0, 0.1) is 5.92 Å². The molecule has 0 bridgehead atoms. The maximum absolute atomic E-state index is 12.9. The number of nitrogens with one attached hydrogen (secondary N) is 2. The van der Waals surface area contributed by atoms with E-state index in [4.69, 9.17) is 9.47 Å². The number of benzene rings is 2. The van der Waals surface area contributed by atoms with Gasteiger partial charge >= 0.3 is 0 Å². The van der Waals surface area contributed by atoms with Crippen LogP contribution in [0.2, 0.25) is 0 Å². The number of hydrogen-bond donors (Lipinski definition) is 4. The molecule has 0 radical (unpaired) electrons. The number of ether oxygens (including phenoxy) is 2. The summed E-state index contributed by atoms with van der Waals surface area (Å²) in [5.74, 6) is -1.09. The minimum absolute atomic E-state index is 0.0707. The van der Waals surface area contributed by atoms with Gasteiger partial charge in [-0.15, -0.1) is 0 Å². The van der Waals surface area contributed by atoms with Gasteiger partial charge in [-0.1, -0.05) is 50.2 Å². The number of aliphatic hydroxyl groups excluding tert-OH is 2. The van der Waals surface area contributed by atoms with Crippen LogP contribution in [-0.4, -0.2) is 71.9 Å². The van der Waals surface area contributed by atoms with Crippen LogP contribution in [0.5, 0.6) is 5.75 Å². The maximum Gasteiger partial charge on any atom is 0.252 e. The molecule has 3 atom stereocenters. The summed E-state index contributed by atoms with van der Waals surface area (Å²) in [5, 5.41) is 24.4. The zero-order valence-electron chi connectivity index (χ0n) is 21.3. The smallest absolute Gasteiger partial charge is 0.252 e. The summed E-state index contributed by atoms with van der Waals surface area (Å²) in [6, 6.07) is 14.5. The lowest BCUT2D eigenvalue weighted by atomic mass is 9.92. The highest BCUT2D eigenvalue weighted by Crippen LogP contribution is 2.30. The first kappa shape index (κ1) is 28.3. The van der Waals surface area contributed by atoms with Gasteiger partial charge in [0.2, 0.25) is 5.91 Å². The van der Waals surface area contributed by atoms with Gasteiger partial charge in [-0.3, -0.25) is 14.4 Å². The van der Waals surface area contributed by atoms with Crippen molar-refractivity contribution in [3.8, 4) is 5.75 Å². The van der Waals surface area contributed by atoms with Crippen molar-refractivity contribution in [2.45, 2.75) is 50.8 Å². The number of rotatable bonds is 15. The molecule has 1 heterocycles. The summed E-state index contributed by atoms with van der Waals surface area (Å²) in [4.78, 5) is 38.5. The molecule has 37 heavy (non-hydrogen) atoms. The first-order chi connectivity index (χ1) is 17.8. The zero-order valence-corrected chi connectivity index (χ0v) is 21.3. The van der Waals surface area contributed by atoms with Crippen LogP contribution in [0.15, 0.2) is 54.6 Å². The fraction of sp³-hybridized carbons (Fsp3) is 0.464. The molecule has 0 spiro atoms. The summed E-state index contributed by atoms with van der Waals surface area (Å²) in [5.41, 5.74) is 0.208. The third-order valence-electron chi connectivity index (χ3n) is 6.16. The second kappa shape index (κ2) is 13.3. The van der Waals surface area contributed by atoms with Crippen molar-refractivity contribution in [2.75, 3.05) is 26.4 Å². The third kappa shape index (κ3) is 8.11. The number of aliphatic hydroxyl groups is 2. The molecule has 0 aliphatic carbocycles. The molecule has 4 N–H and O–H groups in total. The van der Waals surface area contributed by atoms with E-state index in [2.05, 4.69) is 22.8 Å². The van der Waals surface area contributed by atoms with Crippen molar-refractivity contribution in [1.82, 2.24) is 10.6 Å².